The van der Waals surface area contributed by atoms with Crippen LogP contribution in [0.25, 0.3) is 0 Å². The topological polar surface area (TPSA) is 61.8 Å². The van der Waals surface area contributed by atoms with Crippen molar-refractivity contribution in [1.29, 1.82) is 0 Å². The highest BCUT2D eigenvalue weighted by Gasteiger charge is 2.39. The molecule has 0 saturated heterocycles. The zero-order valence-electron chi connectivity index (χ0n) is 18.8. The number of nitrogens with zero attached hydrogens (tertiary/aromatic N) is 2. The van der Waals surface area contributed by atoms with E-state index in [0.29, 0.717) is 41.1 Å². The number of para-hydroxylation sites is 1. The first-order valence-corrected chi connectivity index (χ1v) is 11.1. The fourth-order valence-corrected chi connectivity index (χ4v) is 4.48. The Morgan fingerprint density at radius 3 is 2.16 bits per heavy atom. The molecule has 2 aliphatic heterocycles. The third-order valence-corrected chi connectivity index (χ3v) is 6.17. The highest BCUT2D eigenvalue weighted by Crippen LogP contribution is 2.38. The van der Waals surface area contributed by atoms with E-state index < -0.39 is 47.0 Å². The molecule has 1 atom stereocenters. The molecule has 37 heavy (non-hydrogen) atoms. The number of benzene rings is 3. The highest BCUT2D eigenvalue weighted by atomic mass is 19.4. The molecule has 3 aromatic carbocycles. The standard InChI is InChI=1S/C26H17F6N3O2/c27-25(28,29)17-11-16(12-18(13-17)26(30,31)32)23(36)34-22-24(37)35-10-9-15-7-4-8-19(21(15)35)20(33-22)14-5-2-1-3-6-14/h1-8,11-13,22H,9-10H2,(H,34,36)/t22-/m0/s1. The maximum Gasteiger partial charge on any atom is 0.416 e. The Labute approximate surface area is 206 Å². The lowest BCUT2D eigenvalue weighted by Crippen LogP contribution is -2.47. The maximum absolute atomic E-state index is 13.4. The minimum atomic E-state index is -5.12. The van der Waals surface area contributed by atoms with Gasteiger partial charge in [-0.05, 0) is 30.2 Å². The number of anilines is 1. The Bertz CT molecular complexity index is 1400. The van der Waals surface area contributed by atoms with Crippen LogP contribution >= 0.6 is 0 Å². The molecular weight excluding hydrogens is 500 g/mol. The molecule has 5 rings (SSSR count). The SMILES string of the molecule is O=C(N[C@@H]1N=C(c2ccccc2)c2cccc3c2N(CC3)C1=O)c1cc(C(F)(F)F)cc(C(F)(F)F)c1. The molecule has 0 radical (unpaired) electrons. The van der Waals surface area contributed by atoms with E-state index in [1.807, 2.05) is 6.07 Å². The van der Waals surface area contributed by atoms with Crippen LogP contribution in [0, 0.1) is 0 Å². The Hall–Kier alpha value is -4.15. The van der Waals surface area contributed by atoms with Crippen LogP contribution in [-0.2, 0) is 23.6 Å². The molecular formula is C26H17F6N3O2. The lowest BCUT2D eigenvalue weighted by Gasteiger charge is -2.21. The first-order chi connectivity index (χ1) is 17.4. The number of hydrogen-bond donors (Lipinski definition) is 1. The van der Waals surface area contributed by atoms with Crippen LogP contribution in [0.1, 0.15) is 38.2 Å². The van der Waals surface area contributed by atoms with Gasteiger partial charge in [0.2, 0.25) is 6.17 Å². The van der Waals surface area contributed by atoms with Crippen molar-refractivity contribution >= 4 is 23.2 Å². The number of aliphatic imine (C=N–C) groups is 1. The van der Waals surface area contributed by atoms with Gasteiger partial charge in [-0.1, -0.05) is 48.5 Å². The second kappa shape index (κ2) is 8.75. The molecule has 3 aromatic rings. The summed E-state index contributed by atoms with van der Waals surface area (Å²) in [5.41, 5.74) is -1.05. The summed E-state index contributed by atoms with van der Waals surface area (Å²) in [4.78, 5) is 32.3. The normalized spacial score (nSPS) is 17.2. The monoisotopic (exact) mass is 517 g/mol. The van der Waals surface area contributed by atoms with E-state index in [-0.39, 0.29) is 12.6 Å². The van der Waals surface area contributed by atoms with Gasteiger partial charge in [0, 0.05) is 23.2 Å². The van der Waals surface area contributed by atoms with Crippen LogP contribution < -0.4 is 10.2 Å². The van der Waals surface area contributed by atoms with Gasteiger partial charge in [-0.15, -0.1) is 0 Å². The molecule has 2 aliphatic rings. The summed E-state index contributed by atoms with van der Waals surface area (Å²) in [7, 11) is 0. The number of carbonyl (C=O) groups excluding carboxylic acids is 2. The van der Waals surface area contributed by atoms with Crippen LogP contribution in [0.2, 0.25) is 0 Å². The summed E-state index contributed by atoms with van der Waals surface area (Å²) in [6.45, 7) is 0.289. The lowest BCUT2D eigenvalue weighted by molar-refractivity contribution is -0.143. The van der Waals surface area contributed by atoms with E-state index in [9.17, 15) is 35.9 Å². The van der Waals surface area contributed by atoms with Gasteiger partial charge in [-0.3, -0.25) is 9.59 Å². The molecule has 0 unspecified atom stereocenters. The predicted octanol–water partition coefficient (Wildman–Crippen LogP) is 5.22. The number of alkyl halides is 6. The number of rotatable bonds is 3. The third-order valence-electron chi connectivity index (χ3n) is 6.17. The number of halogens is 6. The van der Waals surface area contributed by atoms with Crippen molar-refractivity contribution in [3.05, 3.63) is 100 Å². The number of carbonyl (C=O) groups is 2. The highest BCUT2D eigenvalue weighted by molar-refractivity contribution is 6.21. The summed E-state index contributed by atoms with van der Waals surface area (Å²) in [6.07, 6.45) is -11.3. The molecule has 5 nitrogen and oxygen atoms in total. The van der Waals surface area contributed by atoms with Crippen molar-refractivity contribution < 1.29 is 35.9 Å². The van der Waals surface area contributed by atoms with Crippen LogP contribution in [0.15, 0.2) is 71.7 Å². The van der Waals surface area contributed by atoms with Gasteiger partial charge in [-0.25, -0.2) is 4.99 Å². The Morgan fingerprint density at radius 1 is 0.892 bits per heavy atom. The Morgan fingerprint density at radius 2 is 1.54 bits per heavy atom. The van der Waals surface area contributed by atoms with Crippen LogP contribution in [0.5, 0.6) is 0 Å². The van der Waals surface area contributed by atoms with Crippen molar-refractivity contribution in [1.82, 2.24) is 5.32 Å². The average molecular weight is 517 g/mol. The van der Waals surface area contributed by atoms with Crippen LogP contribution in [-0.4, -0.2) is 30.2 Å². The largest absolute Gasteiger partial charge is 0.416 e. The average Bonchev–Trinajstić information content (AvgIpc) is 3.25. The molecule has 1 N–H and O–H groups in total. The van der Waals surface area contributed by atoms with Gasteiger partial charge in [0.1, 0.15) is 0 Å². The smallest absolute Gasteiger partial charge is 0.322 e. The van der Waals surface area contributed by atoms with Crippen LogP contribution in [0.4, 0.5) is 32.0 Å². The number of hydrogen-bond acceptors (Lipinski definition) is 3. The first-order valence-electron chi connectivity index (χ1n) is 11.1. The van der Waals surface area contributed by atoms with Crippen molar-refractivity contribution in [2.24, 2.45) is 4.99 Å². The van der Waals surface area contributed by atoms with Gasteiger partial charge in [0.15, 0.2) is 0 Å². The number of amides is 2. The maximum atomic E-state index is 13.4. The van der Waals surface area contributed by atoms with E-state index in [1.54, 1.807) is 42.5 Å². The van der Waals surface area contributed by atoms with Crippen LogP contribution in [0.3, 0.4) is 0 Å². The summed E-state index contributed by atoms with van der Waals surface area (Å²) >= 11 is 0. The zero-order valence-corrected chi connectivity index (χ0v) is 18.8. The van der Waals surface area contributed by atoms with Crippen molar-refractivity contribution in [2.45, 2.75) is 24.9 Å². The minimum absolute atomic E-state index is 0.0678. The van der Waals surface area contributed by atoms with E-state index >= 15 is 0 Å². The fourth-order valence-electron chi connectivity index (χ4n) is 4.48. The molecule has 2 amide bonds. The third kappa shape index (κ3) is 4.56. The first kappa shape index (κ1) is 24.5. The zero-order chi connectivity index (χ0) is 26.5. The van der Waals surface area contributed by atoms with E-state index in [0.717, 1.165) is 5.56 Å². The van der Waals surface area contributed by atoms with Crippen molar-refractivity contribution in [3.8, 4) is 0 Å². The summed E-state index contributed by atoms with van der Waals surface area (Å²) in [6, 6.07) is 14.8. The fraction of sp³-hybridized carbons (Fsp3) is 0.192. The molecule has 0 aliphatic carbocycles. The Kier molecular flexibility index (Phi) is 5.81. The quantitative estimate of drug-likeness (QED) is 0.485. The number of nitrogens with one attached hydrogen (secondary N) is 1. The molecule has 0 aromatic heterocycles. The minimum Gasteiger partial charge on any atom is -0.322 e. The molecule has 0 fully saturated rings. The molecule has 0 bridgehead atoms. The summed E-state index contributed by atoms with van der Waals surface area (Å²) in [5.74, 6) is -1.94. The molecule has 190 valence electrons. The van der Waals surface area contributed by atoms with Gasteiger partial charge in [-0.2, -0.15) is 26.3 Å². The molecule has 2 heterocycles. The Balaban J connectivity index is 1.58. The second-order valence-electron chi connectivity index (χ2n) is 8.57. The van der Waals surface area contributed by atoms with E-state index in [1.165, 1.54) is 4.90 Å². The predicted molar refractivity (Wildman–Crippen MR) is 122 cm³/mol. The van der Waals surface area contributed by atoms with Gasteiger partial charge in [0.25, 0.3) is 11.8 Å². The van der Waals surface area contributed by atoms with Crippen molar-refractivity contribution in [2.75, 3.05) is 11.4 Å². The summed E-state index contributed by atoms with van der Waals surface area (Å²) in [5, 5.41) is 2.25. The summed E-state index contributed by atoms with van der Waals surface area (Å²) < 4.78 is 79.7. The van der Waals surface area contributed by atoms with Crippen molar-refractivity contribution in [3.63, 3.8) is 0 Å². The van der Waals surface area contributed by atoms with Gasteiger partial charge >= 0.3 is 12.4 Å². The van der Waals surface area contributed by atoms with Gasteiger partial charge in [0.05, 0.1) is 22.5 Å². The van der Waals surface area contributed by atoms with E-state index in [4.69, 9.17) is 0 Å². The lowest BCUT2D eigenvalue weighted by atomic mass is 9.98. The molecule has 11 heteroatoms. The molecule has 0 saturated carbocycles. The van der Waals surface area contributed by atoms with E-state index in [2.05, 4.69) is 10.3 Å². The molecule has 0 spiro atoms. The second-order valence-corrected chi connectivity index (χ2v) is 8.57. The van der Waals surface area contributed by atoms with Gasteiger partial charge < -0.3 is 10.2 Å².